The fourth-order valence-electron chi connectivity index (χ4n) is 1.72. The van der Waals surface area contributed by atoms with Gasteiger partial charge in [-0.3, -0.25) is 0 Å². The molecule has 94 valence electrons. The first-order valence-corrected chi connectivity index (χ1v) is 5.85. The van der Waals surface area contributed by atoms with E-state index in [4.69, 9.17) is 0 Å². The average molecular weight is 235 g/mol. The topological polar surface area (TPSA) is 53.2 Å². The Morgan fingerprint density at radius 1 is 1.06 bits per heavy atom. The van der Waals surface area contributed by atoms with Gasteiger partial charge in [-0.05, 0) is 26.5 Å². The number of urea groups is 1. The zero-order chi connectivity index (χ0) is 12.7. The number of rotatable bonds is 5. The summed E-state index contributed by atoms with van der Waals surface area (Å²) in [5, 5.41) is 8.57. The lowest BCUT2D eigenvalue weighted by atomic mass is 10.1. The van der Waals surface area contributed by atoms with Crippen molar-refractivity contribution in [3.63, 3.8) is 0 Å². The Hall–Kier alpha value is -1.55. The van der Waals surface area contributed by atoms with Gasteiger partial charge in [0.25, 0.3) is 0 Å². The third-order valence-corrected chi connectivity index (χ3v) is 2.40. The summed E-state index contributed by atoms with van der Waals surface area (Å²) >= 11 is 0. The molecule has 1 aromatic rings. The summed E-state index contributed by atoms with van der Waals surface area (Å²) < 4.78 is 0. The molecule has 4 heteroatoms. The van der Waals surface area contributed by atoms with Crippen LogP contribution in [0.15, 0.2) is 18.2 Å². The molecule has 4 nitrogen and oxygen atoms in total. The number of hydrogen-bond donors (Lipinski definition) is 3. The highest BCUT2D eigenvalue weighted by Crippen LogP contribution is 2.08. The molecule has 0 heterocycles. The van der Waals surface area contributed by atoms with E-state index in [0.717, 1.165) is 12.1 Å². The fraction of sp³-hybridized carbons (Fsp3) is 0.462. The highest BCUT2D eigenvalue weighted by atomic mass is 16.2. The Morgan fingerprint density at radius 3 is 2.29 bits per heavy atom. The molecular formula is C13H21N3O. The predicted octanol–water partition coefficient (Wildman–Crippen LogP) is 1.32. The maximum atomic E-state index is 11.4. The van der Waals surface area contributed by atoms with Gasteiger partial charge in [0, 0.05) is 19.6 Å². The highest BCUT2D eigenvalue weighted by molar-refractivity contribution is 5.73. The number of benzene rings is 1. The molecule has 0 aliphatic carbocycles. The molecule has 0 saturated carbocycles. The van der Waals surface area contributed by atoms with E-state index < -0.39 is 0 Å². The SMILES string of the molecule is CNCCNC(=O)NCc1cc(C)cc(C)c1. The first-order valence-electron chi connectivity index (χ1n) is 5.85. The van der Waals surface area contributed by atoms with Gasteiger partial charge >= 0.3 is 6.03 Å². The second kappa shape index (κ2) is 6.91. The molecule has 0 fully saturated rings. The summed E-state index contributed by atoms with van der Waals surface area (Å²) in [7, 11) is 1.86. The van der Waals surface area contributed by atoms with Crippen molar-refractivity contribution >= 4 is 6.03 Å². The maximum absolute atomic E-state index is 11.4. The predicted molar refractivity (Wildman–Crippen MR) is 70.1 cm³/mol. The Bertz CT molecular complexity index is 357. The third kappa shape index (κ3) is 5.36. The van der Waals surface area contributed by atoms with Crippen LogP contribution in [0.25, 0.3) is 0 Å². The minimum absolute atomic E-state index is 0.126. The standard InChI is InChI=1S/C13H21N3O/c1-10-6-11(2)8-12(7-10)9-16-13(17)15-5-4-14-3/h6-8,14H,4-5,9H2,1-3H3,(H2,15,16,17). The molecule has 0 spiro atoms. The minimum Gasteiger partial charge on any atom is -0.337 e. The molecule has 3 N–H and O–H groups in total. The molecule has 1 aromatic carbocycles. The minimum atomic E-state index is -0.126. The molecular weight excluding hydrogens is 214 g/mol. The molecule has 0 aliphatic heterocycles. The van der Waals surface area contributed by atoms with Crippen molar-refractivity contribution in [3.8, 4) is 0 Å². The van der Waals surface area contributed by atoms with E-state index in [1.54, 1.807) is 0 Å². The Morgan fingerprint density at radius 2 is 1.71 bits per heavy atom. The molecule has 0 bridgehead atoms. The normalized spacial score (nSPS) is 10.1. The van der Waals surface area contributed by atoms with E-state index in [1.807, 2.05) is 7.05 Å². The lowest BCUT2D eigenvalue weighted by molar-refractivity contribution is 0.240. The van der Waals surface area contributed by atoms with Crippen LogP contribution in [-0.2, 0) is 6.54 Å². The van der Waals surface area contributed by atoms with Gasteiger partial charge in [-0.15, -0.1) is 0 Å². The zero-order valence-corrected chi connectivity index (χ0v) is 10.8. The summed E-state index contributed by atoms with van der Waals surface area (Å²) in [6.07, 6.45) is 0. The number of amides is 2. The van der Waals surface area contributed by atoms with E-state index in [1.165, 1.54) is 11.1 Å². The van der Waals surface area contributed by atoms with Crippen LogP contribution in [-0.4, -0.2) is 26.2 Å². The average Bonchev–Trinajstić information content (AvgIpc) is 2.25. The molecule has 0 aromatic heterocycles. The lowest BCUT2D eigenvalue weighted by Gasteiger charge is -2.08. The van der Waals surface area contributed by atoms with Gasteiger partial charge in [0.15, 0.2) is 0 Å². The summed E-state index contributed by atoms with van der Waals surface area (Å²) in [5.74, 6) is 0. The van der Waals surface area contributed by atoms with Crippen molar-refractivity contribution in [3.05, 3.63) is 34.9 Å². The van der Waals surface area contributed by atoms with Gasteiger partial charge in [-0.1, -0.05) is 29.3 Å². The van der Waals surface area contributed by atoms with Crippen molar-refractivity contribution in [1.29, 1.82) is 0 Å². The van der Waals surface area contributed by atoms with Crippen LogP contribution in [0.2, 0.25) is 0 Å². The van der Waals surface area contributed by atoms with Gasteiger partial charge in [0.05, 0.1) is 0 Å². The number of hydrogen-bond acceptors (Lipinski definition) is 2. The van der Waals surface area contributed by atoms with Crippen LogP contribution in [0.3, 0.4) is 0 Å². The molecule has 0 saturated heterocycles. The van der Waals surface area contributed by atoms with E-state index in [0.29, 0.717) is 13.1 Å². The third-order valence-electron chi connectivity index (χ3n) is 2.40. The van der Waals surface area contributed by atoms with Gasteiger partial charge in [0.2, 0.25) is 0 Å². The van der Waals surface area contributed by atoms with Gasteiger partial charge < -0.3 is 16.0 Å². The largest absolute Gasteiger partial charge is 0.337 e. The number of aryl methyl sites for hydroxylation is 2. The molecule has 2 amide bonds. The van der Waals surface area contributed by atoms with Crippen molar-refractivity contribution in [1.82, 2.24) is 16.0 Å². The molecule has 17 heavy (non-hydrogen) atoms. The summed E-state index contributed by atoms with van der Waals surface area (Å²) in [6.45, 7) is 6.09. The molecule has 0 aliphatic rings. The Labute approximate surface area is 103 Å². The van der Waals surface area contributed by atoms with Gasteiger partial charge in [0.1, 0.15) is 0 Å². The van der Waals surface area contributed by atoms with E-state index in [2.05, 4.69) is 48.0 Å². The zero-order valence-electron chi connectivity index (χ0n) is 10.8. The number of nitrogens with one attached hydrogen (secondary N) is 3. The van der Waals surface area contributed by atoms with Gasteiger partial charge in [-0.25, -0.2) is 4.79 Å². The first kappa shape index (κ1) is 13.5. The number of carbonyl (C=O) groups excluding carboxylic acids is 1. The van der Waals surface area contributed by atoms with Crippen LogP contribution >= 0.6 is 0 Å². The molecule has 0 radical (unpaired) electrons. The summed E-state index contributed by atoms with van der Waals surface area (Å²) in [5.41, 5.74) is 3.57. The van der Waals surface area contributed by atoms with Crippen molar-refractivity contribution < 1.29 is 4.79 Å². The quantitative estimate of drug-likeness (QED) is 0.674. The van der Waals surface area contributed by atoms with E-state index >= 15 is 0 Å². The van der Waals surface area contributed by atoms with Gasteiger partial charge in [-0.2, -0.15) is 0 Å². The van der Waals surface area contributed by atoms with Crippen LogP contribution in [0.1, 0.15) is 16.7 Å². The smallest absolute Gasteiger partial charge is 0.315 e. The van der Waals surface area contributed by atoms with Crippen LogP contribution in [0.4, 0.5) is 4.79 Å². The monoisotopic (exact) mass is 235 g/mol. The molecule has 1 rings (SSSR count). The summed E-state index contributed by atoms with van der Waals surface area (Å²) in [6, 6.07) is 6.16. The summed E-state index contributed by atoms with van der Waals surface area (Å²) in [4.78, 5) is 11.4. The van der Waals surface area contributed by atoms with Crippen molar-refractivity contribution in [2.24, 2.45) is 0 Å². The first-order chi connectivity index (χ1) is 8.11. The highest BCUT2D eigenvalue weighted by Gasteiger charge is 2.00. The number of likely N-dealkylation sites (N-methyl/N-ethyl adjacent to an activating group) is 1. The lowest BCUT2D eigenvalue weighted by Crippen LogP contribution is -2.38. The number of carbonyl (C=O) groups is 1. The van der Waals surface area contributed by atoms with Crippen molar-refractivity contribution in [2.75, 3.05) is 20.1 Å². The van der Waals surface area contributed by atoms with Crippen molar-refractivity contribution in [2.45, 2.75) is 20.4 Å². The van der Waals surface area contributed by atoms with E-state index in [-0.39, 0.29) is 6.03 Å². The Kier molecular flexibility index (Phi) is 5.49. The maximum Gasteiger partial charge on any atom is 0.315 e. The van der Waals surface area contributed by atoms with E-state index in [9.17, 15) is 4.79 Å². The Balaban J connectivity index is 2.36. The molecule has 0 unspecified atom stereocenters. The molecule has 0 atom stereocenters. The fourth-order valence-corrected chi connectivity index (χ4v) is 1.72. The van der Waals surface area contributed by atoms with Crippen LogP contribution in [0.5, 0.6) is 0 Å². The van der Waals surface area contributed by atoms with Crippen LogP contribution < -0.4 is 16.0 Å². The van der Waals surface area contributed by atoms with Crippen LogP contribution in [0, 0.1) is 13.8 Å². The second-order valence-corrected chi connectivity index (χ2v) is 4.21. The second-order valence-electron chi connectivity index (χ2n) is 4.21.